The van der Waals surface area contributed by atoms with Crippen molar-refractivity contribution in [2.75, 3.05) is 5.75 Å². The maximum absolute atomic E-state index is 12.0. The van der Waals surface area contributed by atoms with E-state index < -0.39 is 12.2 Å². The van der Waals surface area contributed by atoms with Crippen molar-refractivity contribution < 1.29 is 29.4 Å². The SMILES string of the molecule is Cn1ccnc1SC[C@@H]1C[C@H](c2ccc(CO)cc2)O[C@H](c2ccc(CNC(=O)CCCC(=O)NO)cc2)O1. The molecule has 3 atom stereocenters. The van der Waals surface area contributed by atoms with E-state index in [9.17, 15) is 14.7 Å². The van der Waals surface area contributed by atoms with Gasteiger partial charge < -0.3 is 24.5 Å². The van der Waals surface area contributed by atoms with Crippen molar-refractivity contribution in [3.05, 3.63) is 83.2 Å². The first kappa shape index (κ1) is 28.8. The smallest absolute Gasteiger partial charge is 0.243 e. The molecule has 11 heteroatoms. The summed E-state index contributed by atoms with van der Waals surface area (Å²) in [4.78, 5) is 27.5. The third-order valence-electron chi connectivity index (χ3n) is 6.46. The molecule has 0 aliphatic carbocycles. The summed E-state index contributed by atoms with van der Waals surface area (Å²) in [6.45, 7) is 0.356. The number of nitrogens with zero attached hydrogens (tertiary/aromatic N) is 2. The number of thioether (sulfide) groups is 1. The molecule has 1 fully saturated rings. The van der Waals surface area contributed by atoms with Gasteiger partial charge in [-0.1, -0.05) is 60.3 Å². The average Bonchev–Trinajstić information content (AvgIpc) is 3.39. The Morgan fingerprint density at radius 1 is 1.03 bits per heavy atom. The van der Waals surface area contributed by atoms with Crippen molar-refractivity contribution in [1.82, 2.24) is 20.3 Å². The molecule has 4 rings (SSSR count). The topological polar surface area (TPSA) is 135 Å². The molecule has 4 N–H and O–H groups in total. The molecule has 2 heterocycles. The summed E-state index contributed by atoms with van der Waals surface area (Å²) in [6.07, 6.45) is 4.24. The molecule has 1 aliphatic rings. The fraction of sp³-hybridized carbons (Fsp3) is 0.393. The van der Waals surface area contributed by atoms with Crippen LogP contribution in [0.25, 0.3) is 0 Å². The van der Waals surface area contributed by atoms with Gasteiger partial charge in [0, 0.05) is 56.6 Å². The van der Waals surface area contributed by atoms with Crippen LogP contribution in [0.5, 0.6) is 0 Å². The van der Waals surface area contributed by atoms with Crippen LogP contribution in [0.1, 0.15) is 60.3 Å². The zero-order valence-electron chi connectivity index (χ0n) is 21.8. The van der Waals surface area contributed by atoms with Gasteiger partial charge in [0.25, 0.3) is 0 Å². The molecular formula is C28H34N4O6S. The van der Waals surface area contributed by atoms with E-state index in [2.05, 4.69) is 10.3 Å². The van der Waals surface area contributed by atoms with Crippen molar-refractivity contribution >= 4 is 23.6 Å². The van der Waals surface area contributed by atoms with Gasteiger partial charge in [-0.25, -0.2) is 10.5 Å². The van der Waals surface area contributed by atoms with Gasteiger partial charge in [-0.15, -0.1) is 0 Å². The molecule has 0 bridgehead atoms. The minimum absolute atomic E-state index is 0.00581. The molecule has 10 nitrogen and oxygen atoms in total. The van der Waals surface area contributed by atoms with Gasteiger partial charge in [0.1, 0.15) is 0 Å². The van der Waals surface area contributed by atoms with Crippen molar-refractivity contribution in [3.8, 4) is 0 Å². The number of aliphatic hydroxyl groups is 1. The Bertz CT molecular complexity index is 1220. The molecule has 0 unspecified atom stereocenters. The Labute approximate surface area is 231 Å². The summed E-state index contributed by atoms with van der Waals surface area (Å²) in [5.41, 5.74) is 5.24. The van der Waals surface area contributed by atoms with Crippen LogP contribution < -0.4 is 10.8 Å². The predicted octanol–water partition coefficient (Wildman–Crippen LogP) is 3.54. The summed E-state index contributed by atoms with van der Waals surface area (Å²) in [5, 5.41) is 21.7. The summed E-state index contributed by atoms with van der Waals surface area (Å²) in [5.74, 6) is 0.0549. The molecule has 39 heavy (non-hydrogen) atoms. The highest BCUT2D eigenvalue weighted by Gasteiger charge is 2.32. The molecule has 0 radical (unpaired) electrons. The van der Waals surface area contributed by atoms with E-state index in [1.165, 1.54) is 0 Å². The monoisotopic (exact) mass is 554 g/mol. The van der Waals surface area contributed by atoms with Crippen LogP contribution in [0.3, 0.4) is 0 Å². The van der Waals surface area contributed by atoms with Gasteiger partial charge in [0.15, 0.2) is 11.4 Å². The molecular weight excluding hydrogens is 520 g/mol. The van der Waals surface area contributed by atoms with Gasteiger partial charge in [0.2, 0.25) is 11.8 Å². The maximum Gasteiger partial charge on any atom is 0.243 e. The fourth-order valence-corrected chi connectivity index (χ4v) is 5.18. The van der Waals surface area contributed by atoms with Gasteiger partial charge in [-0.05, 0) is 23.1 Å². The van der Waals surface area contributed by atoms with E-state index in [1.807, 2.05) is 66.3 Å². The first-order chi connectivity index (χ1) is 18.9. The number of hydrogen-bond donors (Lipinski definition) is 4. The van der Waals surface area contributed by atoms with Gasteiger partial charge in [0.05, 0.1) is 18.8 Å². The number of ether oxygens (including phenoxy) is 2. The number of aryl methyl sites for hydroxylation is 1. The number of nitrogens with one attached hydrogen (secondary N) is 2. The normalized spacial score (nSPS) is 19.0. The lowest BCUT2D eigenvalue weighted by Gasteiger charge is -2.36. The number of hydrogen-bond acceptors (Lipinski definition) is 8. The molecule has 1 aliphatic heterocycles. The number of carbonyl (C=O) groups is 2. The average molecular weight is 555 g/mol. The van der Waals surface area contributed by atoms with Crippen LogP contribution >= 0.6 is 11.8 Å². The Morgan fingerprint density at radius 3 is 2.38 bits per heavy atom. The van der Waals surface area contributed by atoms with Crippen LogP contribution in [-0.2, 0) is 39.3 Å². The molecule has 2 aromatic carbocycles. The molecule has 0 saturated carbocycles. The fourth-order valence-electron chi connectivity index (χ4n) is 4.23. The van der Waals surface area contributed by atoms with E-state index >= 15 is 0 Å². The Morgan fingerprint density at radius 2 is 1.72 bits per heavy atom. The van der Waals surface area contributed by atoms with Crippen molar-refractivity contribution in [2.45, 2.75) is 62.5 Å². The van der Waals surface area contributed by atoms with Crippen LogP contribution in [0.15, 0.2) is 66.1 Å². The predicted molar refractivity (Wildman–Crippen MR) is 144 cm³/mol. The van der Waals surface area contributed by atoms with E-state index in [4.69, 9.17) is 14.7 Å². The Balaban J connectivity index is 1.38. The highest BCUT2D eigenvalue weighted by atomic mass is 32.2. The molecule has 2 amide bonds. The number of amides is 2. The zero-order chi connectivity index (χ0) is 27.6. The number of benzene rings is 2. The highest BCUT2D eigenvalue weighted by Crippen LogP contribution is 2.39. The second-order valence-corrected chi connectivity index (χ2v) is 10.4. The second kappa shape index (κ2) is 14.2. The third-order valence-corrected chi connectivity index (χ3v) is 7.65. The van der Waals surface area contributed by atoms with E-state index in [-0.39, 0.29) is 37.6 Å². The zero-order valence-corrected chi connectivity index (χ0v) is 22.6. The van der Waals surface area contributed by atoms with Crippen LogP contribution in [0.4, 0.5) is 0 Å². The largest absolute Gasteiger partial charge is 0.392 e. The minimum atomic E-state index is -0.561. The minimum Gasteiger partial charge on any atom is -0.392 e. The number of imidazole rings is 1. The number of hydroxylamine groups is 1. The van der Waals surface area contributed by atoms with Gasteiger partial charge >= 0.3 is 0 Å². The molecule has 1 aromatic heterocycles. The lowest BCUT2D eigenvalue weighted by atomic mass is 10.0. The van der Waals surface area contributed by atoms with Crippen molar-refractivity contribution in [2.24, 2.45) is 7.05 Å². The van der Waals surface area contributed by atoms with E-state index in [1.54, 1.807) is 23.4 Å². The summed E-state index contributed by atoms with van der Waals surface area (Å²) in [6, 6.07) is 15.5. The second-order valence-electron chi connectivity index (χ2n) is 9.39. The molecule has 3 aromatic rings. The molecule has 0 spiro atoms. The van der Waals surface area contributed by atoms with Crippen LogP contribution in [0, 0.1) is 0 Å². The summed E-state index contributed by atoms with van der Waals surface area (Å²) in [7, 11) is 1.97. The lowest BCUT2D eigenvalue weighted by Crippen LogP contribution is -2.31. The third kappa shape index (κ3) is 8.38. The Hall–Kier alpha value is -3.22. The number of rotatable bonds is 12. The first-order valence-corrected chi connectivity index (χ1v) is 13.8. The lowest BCUT2D eigenvalue weighted by molar-refractivity contribution is -0.245. The molecule has 1 saturated heterocycles. The van der Waals surface area contributed by atoms with E-state index in [0.29, 0.717) is 19.4 Å². The number of aliphatic hydroxyl groups excluding tert-OH is 1. The van der Waals surface area contributed by atoms with Gasteiger partial charge in [-0.2, -0.15) is 0 Å². The van der Waals surface area contributed by atoms with Crippen molar-refractivity contribution in [1.29, 1.82) is 0 Å². The quantitative estimate of drug-likeness (QED) is 0.152. The summed E-state index contributed by atoms with van der Waals surface area (Å²) < 4.78 is 14.8. The standard InChI is InChI=1S/C28H34N4O6S/c1-32-14-13-29-28(32)39-18-23-15-24(21-9-7-20(17-33)8-10-21)38-27(37-23)22-11-5-19(6-12-22)16-30-25(34)3-2-4-26(35)31-36/h5-14,23-24,27,33,36H,2-4,15-18H2,1H3,(H,30,34)(H,31,35)/t23-,24+,27+/m0/s1. The summed E-state index contributed by atoms with van der Waals surface area (Å²) >= 11 is 1.64. The van der Waals surface area contributed by atoms with Crippen LogP contribution in [-0.4, -0.2) is 43.5 Å². The number of carbonyl (C=O) groups excluding carboxylic acids is 2. The Kier molecular flexibility index (Phi) is 10.5. The molecule has 208 valence electrons. The number of aromatic nitrogens is 2. The van der Waals surface area contributed by atoms with Crippen molar-refractivity contribution in [3.63, 3.8) is 0 Å². The maximum atomic E-state index is 12.0. The van der Waals surface area contributed by atoms with E-state index in [0.717, 1.165) is 33.2 Å². The first-order valence-electron chi connectivity index (χ1n) is 12.8. The highest BCUT2D eigenvalue weighted by molar-refractivity contribution is 7.99. The van der Waals surface area contributed by atoms with Crippen LogP contribution in [0.2, 0.25) is 0 Å². The van der Waals surface area contributed by atoms with Gasteiger partial charge in [-0.3, -0.25) is 14.8 Å².